The maximum Gasteiger partial charge on any atom is 0.261 e. The lowest BCUT2D eigenvalue weighted by Gasteiger charge is -2.43. The predicted molar refractivity (Wildman–Crippen MR) is 159 cm³/mol. The van der Waals surface area contributed by atoms with Crippen LogP contribution >= 0.6 is 0 Å². The first-order chi connectivity index (χ1) is 17.8. The van der Waals surface area contributed by atoms with Crippen molar-refractivity contribution >= 4 is 30.1 Å². The fraction of sp³-hybridized carbons (Fsp3) is 0.419. The molecule has 1 aliphatic heterocycles. The minimum Gasteiger partial charge on any atom is -0.405 e. The van der Waals surface area contributed by atoms with Crippen LogP contribution in [0.4, 0.5) is 11.4 Å². The largest absolute Gasteiger partial charge is 0.405 e. The monoisotopic (exact) mass is 517 g/mol. The summed E-state index contributed by atoms with van der Waals surface area (Å²) in [5.74, 6) is 0. The van der Waals surface area contributed by atoms with Crippen LogP contribution in [0.3, 0.4) is 0 Å². The number of hydrogen-bond acceptors (Lipinski definition) is 5. The molecule has 4 rings (SSSR count). The van der Waals surface area contributed by atoms with Gasteiger partial charge >= 0.3 is 0 Å². The summed E-state index contributed by atoms with van der Waals surface area (Å²) in [6.07, 6.45) is 0.798. The van der Waals surface area contributed by atoms with E-state index in [1.165, 1.54) is 16.1 Å². The summed E-state index contributed by atoms with van der Waals surface area (Å²) >= 11 is 0. The van der Waals surface area contributed by atoms with Crippen molar-refractivity contribution in [3.8, 4) is 0 Å². The Morgan fingerprint density at radius 2 is 1.38 bits per heavy atom. The van der Waals surface area contributed by atoms with Gasteiger partial charge in [0.15, 0.2) is 0 Å². The van der Waals surface area contributed by atoms with Crippen molar-refractivity contribution in [1.29, 1.82) is 0 Å². The molecule has 1 fully saturated rings. The minimum atomic E-state index is -2.52. The van der Waals surface area contributed by atoms with Crippen molar-refractivity contribution in [2.75, 3.05) is 63.7 Å². The number of piperazine rings is 1. The van der Waals surface area contributed by atoms with Crippen molar-refractivity contribution in [2.24, 2.45) is 0 Å². The normalized spacial score (nSPS) is 15.2. The summed E-state index contributed by atoms with van der Waals surface area (Å²) in [6, 6.07) is 27.9. The highest BCUT2D eigenvalue weighted by molar-refractivity contribution is 6.99. The lowest BCUT2D eigenvalue weighted by Crippen LogP contribution is -2.66. The van der Waals surface area contributed by atoms with Crippen LogP contribution in [-0.2, 0) is 15.6 Å². The summed E-state index contributed by atoms with van der Waals surface area (Å²) in [7, 11) is -0.342. The van der Waals surface area contributed by atoms with Crippen LogP contribution in [-0.4, -0.2) is 66.3 Å². The standard InChI is InChI=1S/C31H43N3O2Si/c1-31(2,3)37(28-11-7-5-8-12-28,29-13-9-6-10-14-29)36-24-23-35-22-17-26-25-27(15-16-30(26)32)34-20-18-33(4)19-21-34/h5-16,25H,17-24,32H2,1-4H3. The Labute approximate surface area is 224 Å². The van der Waals surface area contributed by atoms with E-state index in [1.807, 2.05) is 6.07 Å². The number of nitrogens with two attached hydrogens (primary N) is 1. The molecule has 0 radical (unpaired) electrons. The first-order valence-electron chi connectivity index (χ1n) is 13.5. The smallest absolute Gasteiger partial charge is 0.261 e. The van der Waals surface area contributed by atoms with E-state index in [0.717, 1.165) is 43.9 Å². The summed E-state index contributed by atoms with van der Waals surface area (Å²) in [4.78, 5) is 4.82. The molecular formula is C31H43N3O2Si. The highest BCUT2D eigenvalue weighted by Gasteiger charge is 2.49. The molecule has 0 aliphatic carbocycles. The lowest BCUT2D eigenvalue weighted by molar-refractivity contribution is 0.0991. The molecule has 5 nitrogen and oxygen atoms in total. The van der Waals surface area contributed by atoms with Gasteiger partial charge in [-0.25, -0.2) is 0 Å². The third kappa shape index (κ3) is 6.44. The number of benzene rings is 3. The molecule has 198 valence electrons. The Kier molecular flexibility index (Phi) is 9.08. The average Bonchev–Trinajstić information content (AvgIpc) is 2.90. The molecule has 0 saturated carbocycles. The van der Waals surface area contributed by atoms with Crippen molar-refractivity contribution in [2.45, 2.75) is 32.2 Å². The summed E-state index contributed by atoms with van der Waals surface area (Å²) < 4.78 is 13.0. The number of rotatable bonds is 10. The van der Waals surface area contributed by atoms with Gasteiger partial charge in [0.2, 0.25) is 0 Å². The number of hydrogen-bond donors (Lipinski definition) is 1. The van der Waals surface area contributed by atoms with Crippen molar-refractivity contribution in [3.63, 3.8) is 0 Å². The van der Waals surface area contributed by atoms with E-state index in [0.29, 0.717) is 19.8 Å². The number of likely N-dealkylation sites (N-methyl/N-ethyl adjacent to an activating group) is 1. The molecule has 37 heavy (non-hydrogen) atoms. The molecule has 2 N–H and O–H groups in total. The van der Waals surface area contributed by atoms with E-state index < -0.39 is 8.32 Å². The number of ether oxygens (including phenoxy) is 1. The summed E-state index contributed by atoms with van der Waals surface area (Å²) in [5.41, 5.74) is 9.57. The molecule has 1 aliphatic rings. The molecule has 3 aromatic rings. The molecule has 6 heteroatoms. The second-order valence-corrected chi connectivity index (χ2v) is 15.4. The third-order valence-corrected chi connectivity index (χ3v) is 12.5. The first kappa shape index (κ1) is 27.4. The second kappa shape index (κ2) is 12.3. The van der Waals surface area contributed by atoms with Crippen LogP contribution in [0.1, 0.15) is 26.3 Å². The SMILES string of the molecule is CN1CCN(c2ccc(N)c(CCOCCO[Si](c3ccccc3)(c3ccccc3)C(C)(C)C)c2)CC1. The van der Waals surface area contributed by atoms with Crippen LogP contribution in [0.2, 0.25) is 5.04 Å². The lowest BCUT2D eigenvalue weighted by atomic mass is 10.1. The van der Waals surface area contributed by atoms with Gasteiger partial charge in [0.1, 0.15) is 0 Å². The highest BCUT2D eigenvalue weighted by Crippen LogP contribution is 2.36. The van der Waals surface area contributed by atoms with Crippen molar-refractivity contribution in [1.82, 2.24) is 4.90 Å². The molecular weight excluding hydrogens is 474 g/mol. The molecule has 3 aromatic carbocycles. The van der Waals surface area contributed by atoms with E-state index in [1.54, 1.807) is 0 Å². The summed E-state index contributed by atoms with van der Waals surface area (Å²) in [5, 5.41) is 2.55. The van der Waals surface area contributed by atoms with Gasteiger partial charge < -0.3 is 24.7 Å². The van der Waals surface area contributed by atoms with E-state index in [4.69, 9.17) is 14.9 Å². The predicted octanol–water partition coefficient (Wildman–Crippen LogP) is 4.16. The Balaban J connectivity index is 1.38. The Morgan fingerprint density at radius 1 is 0.784 bits per heavy atom. The first-order valence-corrected chi connectivity index (χ1v) is 15.4. The van der Waals surface area contributed by atoms with E-state index >= 15 is 0 Å². The minimum absolute atomic E-state index is 0.0339. The van der Waals surface area contributed by atoms with Gasteiger partial charge in [0, 0.05) is 37.6 Å². The van der Waals surface area contributed by atoms with Crippen molar-refractivity contribution < 1.29 is 9.16 Å². The number of nitrogen functional groups attached to an aromatic ring is 1. The third-order valence-electron chi connectivity index (χ3n) is 7.47. The van der Waals surface area contributed by atoms with Crippen LogP contribution in [0.15, 0.2) is 78.9 Å². The number of nitrogens with zero attached hydrogens (tertiary/aromatic N) is 2. The Morgan fingerprint density at radius 3 is 1.95 bits per heavy atom. The fourth-order valence-corrected chi connectivity index (χ4v) is 9.91. The van der Waals surface area contributed by atoms with Gasteiger partial charge in [-0.1, -0.05) is 81.4 Å². The quantitative estimate of drug-likeness (QED) is 0.249. The molecule has 1 heterocycles. The van der Waals surface area contributed by atoms with Crippen molar-refractivity contribution in [3.05, 3.63) is 84.4 Å². The molecule has 0 bridgehead atoms. The zero-order chi connectivity index (χ0) is 26.3. The zero-order valence-corrected chi connectivity index (χ0v) is 24.0. The van der Waals surface area contributed by atoms with Crippen LogP contribution in [0.25, 0.3) is 0 Å². The van der Waals surface area contributed by atoms with E-state index in [2.05, 4.69) is 110 Å². The summed E-state index contributed by atoms with van der Waals surface area (Å²) in [6.45, 7) is 12.9. The molecule has 1 saturated heterocycles. The van der Waals surface area contributed by atoms with E-state index in [-0.39, 0.29) is 5.04 Å². The topological polar surface area (TPSA) is 51.0 Å². The molecule has 0 atom stereocenters. The maximum atomic E-state index is 6.93. The molecule has 0 unspecified atom stereocenters. The average molecular weight is 518 g/mol. The van der Waals surface area contributed by atoms with Gasteiger partial charge in [0.25, 0.3) is 8.32 Å². The van der Waals surface area contributed by atoms with E-state index in [9.17, 15) is 0 Å². The number of anilines is 2. The van der Waals surface area contributed by atoms with Gasteiger partial charge in [-0.15, -0.1) is 0 Å². The van der Waals surface area contributed by atoms with Gasteiger partial charge in [-0.2, -0.15) is 0 Å². The fourth-order valence-electron chi connectivity index (χ4n) is 5.37. The highest BCUT2D eigenvalue weighted by atomic mass is 28.4. The molecule has 0 amide bonds. The van der Waals surface area contributed by atoms with Gasteiger partial charge in [0.05, 0.1) is 19.8 Å². The Hall–Kier alpha value is -2.64. The zero-order valence-electron chi connectivity index (χ0n) is 23.0. The molecule has 0 spiro atoms. The maximum absolute atomic E-state index is 6.93. The van der Waals surface area contributed by atoms with Crippen LogP contribution in [0, 0.1) is 0 Å². The Bertz CT molecular complexity index is 1070. The molecule has 0 aromatic heterocycles. The van der Waals surface area contributed by atoms with Crippen LogP contribution < -0.4 is 21.0 Å². The second-order valence-electron chi connectivity index (χ2n) is 11.0. The van der Waals surface area contributed by atoms with Gasteiger partial charge in [-0.3, -0.25) is 0 Å². The van der Waals surface area contributed by atoms with Gasteiger partial charge in [-0.05, 0) is 52.6 Å². The van der Waals surface area contributed by atoms with Crippen LogP contribution in [0.5, 0.6) is 0 Å².